The summed E-state index contributed by atoms with van der Waals surface area (Å²) in [6.07, 6.45) is 2.39. The number of rotatable bonds is 5. The highest BCUT2D eigenvalue weighted by Crippen LogP contribution is 2.31. The van der Waals surface area contributed by atoms with Crippen LogP contribution >= 0.6 is 0 Å². The summed E-state index contributed by atoms with van der Waals surface area (Å²) < 4.78 is 0. The van der Waals surface area contributed by atoms with Crippen LogP contribution in [0.3, 0.4) is 0 Å². The van der Waals surface area contributed by atoms with E-state index >= 15 is 0 Å². The Morgan fingerprint density at radius 2 is 1.60 bits per heavy atom. The molecule has 1 heterocycles. The number of amides is 1. The fourth-order valence-electron chi connectivity index (χ4n) is 4.24. The summed E-state index contributed by atoms with van der Waals surface area (Å²) in [7, 11) is 0. The van der Waals surface area contributed by atoms with Crippen LogP contribution in [0.25, 0.3) is 11.1 Å². The van der Waals surface area contributed by atoms with Crippen LogP contribution in [0.2, 0.25) is 0 Å². The molecule has 1 saturated heterocycles. The molecule has 3 N–H and O–H groups in total. The highest BCUT2D eigenvalue weighted by molar-refractivity contribution is 5.82. The molecule has 0 spiro atoms. The normalized spacial score (nSPS) is 15.7. The number of phenols is 1. The molecule has 0 aliphatic carbocycles. The quantitative estimate of drug-likeness (QED) is 0.670. The third-order valence-corrected chi connectivity index (χ3v) is 5.98. The zero-order valence-electron chi connectivity index (χ0n) is 17.1. The maximum Gasteiger partial charge on any atom is 0.239 e. The van der Waals surface area contributed by atoms with Gasteiger partial charge in [0.2, 0.25) is 5.91 Å². The Balaban J connectivity index is 1.35. The average molecular weight is 401 g/mol. The summed E-state index contributed by atoms with van der Waals surface area (Å²) in [5.74, 6) is 0.697. The van der Waals surface area contributed by atoms with Crippen molar-refractivity contribution in [1.29, 1.82) is 0 Å². The number of benzene rings is 3. The number of hydrogen-bond donors (Lipinski definition) is 2. The molecule has 4 heteroatoms. The summed E-state index contributed by atoms with van der Waals surface area (Å²) in [5.41, 5.74) is 11.0. The Hall–Kier alpha value is -3.11. The molecule has 1 unspecified atom stereocenters. The number of aromatic hydroxyl groups is 1. The van der Waals surface area contributed by atoms with E-state index in [1.807, 2.05) is 23.1 Å². The van der Waals surface area contributed by atoms with Gasteiger partial charge in [-0.25, -0.2) is 0 Å². The van der Waals surface area contributed by atoms with Crippen molar-refractivity contribution < 1.29 is 9.90 Å². The van der Waals surface area contributed by atoms with Crippen LogP contribution in [-0.2, 0) is 11.2 Å². The van der Waals surface area contributed by atoms with Gasteiger partial charge in [-0.2, -0.15) is 0 Å². The van der Waals surface area contributed by atoms with Crippen molar-refractivity contribution in [2.45, 2.75) is 31.2 Å². The van der Waals surface area contributed by atoms with Crippen molar-refractivity contribution in [3.63, 3.8) is 0 Å². The first kappa shape index (κ1) is 20.2. The number of nitrogens with zero attached hydrogens (tertiary/aromatic N) is 1. The molecule has 1 aliphatic heterocycles. The van der Waals surface area contributed by atoms with Crippen molar-refractivity contribution in [2.24, 2.45) is 5.73 Å². The van der Waals surface area contributed by atoms with Gasteiger partial charge in [-0.15, -0.1) is 0 Å². The minimum absolute atomic E-state index is 0.0135. The van der Waals surface area contributed by atoms with Crippen LogP contribution in [0.4, 0.5) is 0 Å². The predicted octanol–water partition coefficient (Wildman–Crippen LogP) is 4.34. The van der Waals surface area contributed by atoms with Crippen LogP contribution in [0.1, 0.15) is 29.9 Å². The van der Waals surface area contributed by atoms with Gasteiger partial charge in [-0.3, -0.25) is 4.79 Å². The molecule has 4 rings (SSSR count). The van der Waals surface area contributed by atoms with Crippen molar-refractivity contribution >= 4 is 5.91 Å². The number of hydrogen-bond acceptors (Lipinski definition) is 3. The van der Waals surface area contributed by atoms with Gasteiger partial charge in [0.1, 0.15) is 5.75 Å². The van der Waals surface area contributed by atoms with Crippen molar-refractivity contribution in [3.8, 4) is 16.9 Å². The summed E-state index contributed by atoms with van der Waals surface area (Å²) in [4.78, 5) is 14.7. The molecule has 0 radical (unpaired) electrons. The second-order valence-corrected chi connectivity index (χ2v) is 8.07. The molecule has 3 aromatic carbocycles. The number of nitrogens with two attached hydrogens (primary N) is 1. The van der Waals surface area contributed by atoms with Gasteiger partial charge in [0, 0.05) is 13.1 Å². The number of likely N-dealkylation sites (tertiary alicyclic amines) is 1. The third-order valence-electron chi connectivity index (χ3n) is 5.98. The predicted molar refractivity (Wildman–Crippen MR) is 120 cm³/mol. The van der Waals surface area contributed by atoms with E-state index < -0.39 is 6.04 Å². The van der Waals surface area contributed by atoms with E-state index in [4.69, 9.17) is 5.73 Å². The zero-order chi connectivity index (χ0) is 20.9. The fourth-order valence-corrected chi connectivity index (χ4v) is 4.24. The van der Waals surface area contributed by atoms with Gasteiger partial charge >= 0.3 is 0 Å². The molecule has 0 aromatic heterocycles. The lowest BCUT2D eigenvalue weighted by Gasteiger charge is -2.34. The van der Waals surface area contributed by atoms with Crippen LogP contribution in [-0.4, -0.2) is 35.0 Å². The second-order valence-electron chi connectivity index (χ2n) is 8.07. The lowest BCUT2D eigenvalue weighted by atomic mass is 9.87. The first-order valence-electron chi connectivity index (χ1n) is 10.6. The third kappa shape index (κ3) is 4.71. The summed E-state index contributed by atoms with van der Waals surface area (Å²) in [6, 6.07) is 25.5. The average Bonchev–Trinajstić information content (AvgIpc) is 2.81. The highest BCUT2D eigenvalue weighted by Gasteiger charge is 2.27. The van der Waals surface area contributed by atoms with Gasteiger partial charge in [-0.1, -0.05) is 66.7 Å². The molecular weight excluding hydrogens is 372 g/mol. The summed E-state index contributed by atoms with van der Waals surface area (Å²) >= 11 is 0. The Morgan fingerprint density at radius 1 is 0.933 bits per heavy atom. The number of phenolic OH excluding ortho intramolecular Hbond substituents is 1. The van der Waals surface area contributed by atoms with Crippen molar-refractivity contribution in [1.82, 2.24) is 4.90 Å². The van der Waals surface area contributed by atoms with E-state index in [1.165, 1.54) is 16.7 Å². The molecule has 1 fully saturated rings. The Bertz CT molecular complexity index is 977. The molecule has 1 aliphatic rings. The highest BCUT2D eigenvalue weighted by atomic mass is 16.3. The Labute approximate surface area is 178 Å². The molecule has 0 saturated carbocycles. The first-order chi connectivity index (χ1) is 14.6. The van der Waals surface area contributed by atoms with E-state index in [9.17, 15) is 9.90 Å². The minimum atomic E-state index is -0.549. The van der Waals surface area contributed by atoms with Gasteiger partial charge < -0.3 is 15.7 Å². The lowest BCUT2D eigenvalue weighted by Crippen LogP contribution is -2.47. The minimum Gasteiger partial charge on any atom is -0.508 e. The molecule has 154 valence electrons. The van der Waals surface area contributed by atoms with E-state index in [2.05, 4.69) is 48.5 Å². The molecular formula is C26H28N2O2. The Kier molecular flexibility index (Phi) is 6.15. The lowest BCUT2D eigenvalue weighted by molar-refractivity contribution is -0.133. The monoisotopic (exact) mass is 400 g/mol. The van der Waals surface area contributed by atoms with E-state index in [0.29, 0.717) is 12.3 Å². The van der Waals surface area contributed by atoms with E-state index in [1.54, 1.807) is 12.1 Å². The summed E-state index contributed by atoms with van der Waals surface area (Å²) in [5, 5.41) is 9.40. The smallest absolute Gasteiger partial charge is 0.239 e. The standard InChI is InChI=1S/C26H28N2O2/c27-25(17-19-9-11-24(29)12-10-19)26(30)28-15-13-21(14-16-28)23-8-4-7-22(18-23)20-5-2-1-3-6-20/h1-12,18,21,25,29H,13-17,27H2. The number of carbonyl (C=O) groups excluding carboxylic acids is 1. The van der Waals surface area contributed by atoms with Gasteiger partial charge in [0.25, 0.3) is 0 Å². The van der Waals surface area contributed by atoms with Crippen LogP contribution in [0.15, 0.2) is 78.9 Å². The molecule has 30 heavy (non-hydrogen) atoms. The number of piperidine rings is 1. The van der Waals surface area contributed by atoms with Crippen LogP contribution in [0.5, 0.6) is 5.75 Å². The number of carbonyl (C=O) groups is 1. The summed E-state index contributed by atoms with van der Waals surface area (Å²) in [6.45, 7) is 1.48. The van der Waals surface area contributed by atoms with E-state index in [0.717, 1.165) is 31.5 Å². The van der Waals surface area contributed by atoms with Crippen LogP contribution in [0, 0.1) is 0 Å². The molecule has 1 amide bonds. The van der Waals surface area contributed by atoms with Crippen molar-refractivity contribution in [3.05, 3.63) is 90.0 Å². The molecule has 1 atom stereocenters. The fraction of sp³-hybridized carbons (Fsp3) is 0.269. The zero-order valence-corrected chi connectivity index (χ0v) is 17.1. The molecule has 0 bridgehead atoms. The topological polar surface area (TPSA) is 66.6 Å². The van der Waals surface area contributed by atoms with Gasteiger partial charge in [-0.05, 0) is 59.6 Å². The van der Waals surface area contributed by atoms with Gasteiger partial charge in [0.15, 0.2) is 0 Å². The van der Waals surface area contributed by atoms with Crippen LogP contribution < -0.4 is 5.73 Å². The van der Waals surface area contributed by atoms with E-state index in [-0.39, 0.29) is 11.7 Å². The maximum atomic E-state index is 12.8. The van der Waals surface area contributed by atoms with Crippen molar-refractivity contribution in [2.75, 3.05) is 13.1 Å². The SMILES string of the molecule is NC(Cc1ccc(O)cc1)C(=O)N1CCC(c2cccc(-c3ccccc3)c2)CC1. The first-order valence-corrected chi connectivity index (χ1v) is 10.6. The largest absolute Gasteiger partial charge is 0.508 e. The second kappa shape index (κ2) is 9.14. The molecule has 4 nitrogen and oxygen atoms in total. The maximum absolute atomic E-state index is 12.8. The molecule has 3 aromatic rings. The van der Waals surface area contributed by atoms with Gasteiger partial charge in [0.05, 0.1) is 6.04 Å². The Morgan fingerprint density at radius 3 is 2.30 bits per heavy atom.